The zero-order valence-electron chi connectivity index (χ0n) is 14.7. The van der Waals surface area contributed by atoms with E-state index in [0.717, 1.165) is 11.1 Å². The van der Waals surface area contributed by atoms with Crippen LogP contribution in [0.2, 0.25) is 0 Å². The van der Waals surface area contributed by atoms with Crippen molar-refractivity contribution in [2.24, 2.45) is 0 Å². The maximum absolute atomic E-state index is 13.0. The van der Waals surface area contributed by atoms with Crippen LogP contribution in [-0.2, 0) is 4.74 Å². The molecule has 3 aromatic rings. The van der Waals surface area contributed by atoms with Gasteiger partial charge < -0.3 is 4.74 Å². The second-order valence-corrected chi connectivity index (χ2v) is 6.16. The average Bonchev–Trinajstić information content (AvgIpc) is 2.67. The predicted molar refractivity (Wildman–Crippen MR) is 99.1 cm³/mol. The highest BCUT2D eigenvalue weighted by molar-refractivity contribution is 6.02. The van der Waals surface area contributed by atoms with E-state index in [1.54, 1.807) is 24.3 Å². The van der Waals surface area contributed by atoms with E-state index in [2.05, 4.69) is 4.98 Å². The molecule has 0 radical (unpaired) electrons. The van der Waals surface area contributed by atoms with Crippen molar-refractivity contribution in [1.82, 2.24) is 4.98 Å². The maximum Gasteiger partial charge on any atom is 0.339 e. The summed E-state index contributed by atoms with van der Waals surface area (Å²) in [6, 6.07) is 17.8. The van der Waals surface area contributed by atoms with Crippen LogP contribution in [0.4, 0.5) is 0 Å². The van der Waals surface area contributed by atoms with Crippen LogP contribution in [0.5, 0.6) is 0 Å². The number of hydrogen-bond donors (Lipinski definition) is 0. The fraction of sp³-hybridized carbons (Fsp3) is 0.136. The van der Waals surface area contributed by atoms with E-state index in [9.17, 15) is 9.59 Å². The Kier molecular flexibility index (Phi) is 5.23. The van der Waals surface area contributed by atoms with Crippen molar-refractivity contribution in [3.05, 3.63) is 101 Å². The smallest absolute Gasteiger partial charge is 0.339 e. The summed E-state index contributed by atoms with van der Waals surface area (Å²) in [6.07, 6.45) is 2.03. The molecule has 3 rings (SSSR count). The molecule has 0 fully saturated rings. The van der Waals surface area contributed by atoms with E-state index in [1.807, 2.05) is 50.2 Å². The van der Waals surface area contributed by atoms with Crippen LogP contribution < -0.4 is 0 Å². The Morgan fingerprint density at radius 1 is 0.769 bits per heavy atom. The van der Waals surface area contributed by atoms with Gasteiger partial charge >= 0.3 is 5.97 Å². The maximum atomic E-state index is 13.0. The van der Waals surface area contributed by atoms with Crippen molar-refractivity contribution in [1.29, 1.82) is 0 Å². The molecule has 4 nitrogen and oxygen atoms in total. The number of rotatable bonds is 5. The highest BCUT2D eigenvalue weighted by atomic mass is 16.5. The van der Waals surface area contributed by atoms with Crippen LogP contribution in [0, 0.1) is 13.8 Å². The standard InChI is InChI=1S/C22H19NO3/c1-15-3-7-17(8-4-15)20(24)21(18-9-5-16(2)6-10-18)26-22(25)19-11-13-23-14-12-19/h3-14,21H,1-2H3/t21-/m1/s1. The van der Waals surface area contributed by atoms with Gasteiger partial charge in [0, 0.05) is 23.5 Å². The van der Waals surface area contributed by atoms with Gasteiger partial charge in [-0.05, 0) is 26.0 Å². The minimum atomic E-state index is -1.00. The van der Waals surface area contributed by atoms with Gasteiger partial charge in [0.15, 0.2) is 6.10 Å². The number of Topliss-reactive ketones (excluding diaryl/α,β-unsaturated/α-hetero) is 1. The van der Waals surface area contributed by atoms with Gasteiger partial charge in [-0.15, -0.1) is 0 Å². The number of ketones is 1. The quantitative estimate of drug-likeness (QED) is 0.505. The first-order valence-corrected chi connectivity index (χ1v) is 8.33. The summed E-state index contributed by atoms with van der Waals surface area (Å²) in [5.74, 6) is -0.810. The number of aromatic nitrogens is 1. The van der Waals surface area contributed by atoms with Crippen molar-refractivity contribution in [2.75, 3.05) is 0 Å². The minimum absolute atomic E-state index is 0.253. The van der Waals surface area contributed by atoms with Crippen molar-refractivity contribution >= 4 is 11.8 Å². The topological polar surface area (TPSA) is 56.3 Å². The van der Waals surface area contributed by atoms with E-state index < -0.39 is 12.1 Å². The Morgan fingerprint density at radius 3 is 1.88 bits per heavy atom. The zero-order valence-corrected chi connectivity index (χ0v) is 14.7. The third-order valence-corrected chi connectivity index (χ3v) is 4.10. The van der Waals surface area contributed by atoms with Gasteiger partial charge in [0.25, 0.3) is 0 Å². The van der Waals surface area contributed by atoms with Gasteiger partial charge in [-0.2, -0.15) is 0 Å². The summed E-state index contributed by atoms with van der Waals surface area (Å²) in [7, 11) is 0. The van der Waals surface area contributed by atoms with Crippen molar-refractivity contribution < 1.29 is 14.3 Å². The van der Waals surface area contributed by atoms with Gasteiger partial charge in [0.1, 0.15) is 0 Å². The number of carbonyl (C=O) groups is 2. The summed E-state index contributed by atoms with van der Waals surface area (Å²) in [4.78, 5) is 29.4. The minimum Gasteiger partial charge on any atom is -0.445 e. The fourth-order valence-electron chi connectivity index (χ4n) is 2.55. The second kappa shape index (κ2) is 7.74. The lowest BCUT2D eigenvalue weighted by Crippen LogP contribution is -2.20. The number of nitrogens with zero attached hydrogens (tertiary/aromatic N) is 1. The summed E-state index contributed by atoms with van der Waals surface area (Å²) in [5, 5.41) is 0. The number of hydrogen-bond acceptors (Lipinski definition) is 4. The van der Waals surface area contributed by atoms with Crippen molar-refractivity contribution in [3.8, 4) is 0 Å². The number of ether oxygens (including phenoxy) is 1. The molecular weight excluding hydrogens is 326 g/mol. The number of pyridine rings is 1. The summed E-state index contributed by atoms with van der Waals surface area (Å²) in [5.41, 5.74) is 3.62. The second-order valence-electron chi connectivity index (χ2n) is 6.16. The Labute approximate surface area is 152 Å². The molecule has 0 aliphatic heterocycles. The summed E-state index contributed by atoms with van der Waals surface area (Å²) >= 11 is 0. The SMILES string of the molecule is Cc1ccc(C(=O)[C@H](OC(=O)c2ccncc2)c2ccc(C)cc2)cc1. The molecule has 0 aliphatic rings. The van der Waals surface area contributed by atoms with E-state index in [-0.39, 0.29) is 5.78 Å². The highest BCUT2D eigenvalue weighted by Crippen LogP contribution is 2.24. The number of aryl methyl sites for hydroxylation is 2. The molecule has 26 heavy (non-hydrogen) atoms. The molecule has 130 valence electrons. The van der Waals surface area contributed by atoms with Crippen LogP contribution in [-0.4, -0.2) is 16.7 Å². The zero-order chi connectivity index (χ0) is 18.5. The van der Waals surface area contributed by atoms with E-state index >= 15 is 0 Å². The van der Waals surface area contributed by atoms with Crippen LogP contribution >= 0.6 is 0 Å². The molecule has 1 atom stereocenters. The monoisotopic (exact) mass is 345 g/mol. The lowest BCUT2D eigenvalue weighted by atomic mass is 9.98. The molecule has 0 saturated carbocycles. The molecule has 0 aliphatic carbocycles. The first-order chi connectivity index (χ1) is 12.5. The average molecular weight is 345 g/mol. The van der Waals surface area contributed by atoms with Gasteiger partial charge in [-0.3, -0.25) is 9.78 Å². The normalized spacial score (nSPS) is 11.6. The summed E-state index contributed by atoms with van der Waals surface area (Å²) < 4.78 is 5.59. The molecular formula is C22H19NO3. The molecule has 0 bridgehead atoms. The van der Waals surface area contributed by atoms with Gasteiger partial charge in [-0.25, -0.2) is 4.79 Å². The first kappa shape index (κ1) is 17.5. The lowest BCUT2D eigenvalue weighted by Gasteiger charge is -2.18. The van der Waals surface area contributed by atoms with Crippen LogP contribution in [0.1, 0.15) is 43.5 Å². The molecule has 0 spiro atoms. The number of carbonyl (C=O) groups excluding carboxylic acids is 2. The predicted octanol–water partition coefficient (Wildman–Crippen LogP) is 4.48. The Balaban J connectivity index is 1.93. The first-order valence-electron chi connectivity index (χ1n) is 8.33. The molecule has 0 N–H and O–H groups in total. The largest absolute Gasteiger partial charge is 0.445 e. The van der Waals surface area contributed by atoms with E-state index in [1.165, 1.54) is 12.4 Å². The molecule has 4 heteroatoms. The van der Waals surface area contributed by atoms with Crippen molar-refractivity contribution in [2.45, 2.75) is 20.0 Å². The van der Waals surface area contributed by atoms with E-state index in [4.69, 9.17) is 4.74 Å². The fourth-order valence-corrected chi connectivity index (χ4v) is 2.55. The molecule has 0 amide bonds. The molecule has 1 aromatic heterocycles. The van der Waals surface area contributed by atoms with Crippen LogP contribution in [0.3, 0.4) is 0 Å². The molecule has 2 aromatic carbocycles. The van der Waals surface area contributed by atoms with Crippen LogP contribution in [0.25, 0.3) is 0 Å². The molecule has 0 saturated heterocycles. The van der Waals surface area contributed by atoms with Gasteiger partial charge in [0.05, 0.1) is 5.56 Å². The van der Waals surface area contributed by atoms with Crippen LogP contribution in [0.15, 0.2) is 73.1 Å². The third kappa shape index (κ3) is 4.03. The summed E-state index contributed by atoms with van der Waals surface area (Å²) in [6.45, 7) is 3.92. The van der Waals surface area contributed by atoms with Gasteiger partial charge in [0.2, 0.25) is 5.78 Å². The highest BCUT2D eigenvalue weighted by Gasteiger charge is 2.26. The third-order valence-electron chi connectivity index (χ3n) is 4.10. The number of benzene rings is 2. The van der Waals surface area contributed by atoms with Gasteiger partial charge in [-0.1, -0.05) is 59.7 Å². The molecule has 1 heterocycles. The Bertz CT molecular complexity index is 900. The number of esters is 1. The lowest BCUT2D eigenvalue weighted by molar-refractivity contribution is 0.0280. The van der Waals surface area contributed by atoms with Crippen molar-refractivity contribution in [3.63, 3.8) is 0 Å². The van der Waals surface area contributed by atoms with E-state index in [0.29, 0.717) is 16.7 Å². The Hall–Kier alpha value is -3.27. The Morgan fingerprint density at radius 2 is 1.31 bits per heavy atom. The molecule has 0 unspecified atom stereocenters.